The van der Waals surface area contributed by atoms with Gasteiger partial charge in [0.1, 0.15) is 0 Å². The molecule has 2 N–H and O–H groups in total. The molecule has 118 valence electrons. The van der Waals surface area contributed by atoms with E-state index in [2.05, 4.69) is 78.7 Å². The first kappa shape index (κ1) is 17.3. The van der Waals surface area contributed by atoms with Crippen LogP contribution in [0, 0.1) is 0 Å². The molecule has 0 spiro atoms. The van der Waals surface area contributed by atoms with Gasteiger partial charge in [-0.15, -0.1) is 0 Å². The number of benzene rings is 1. The van der Waals surface area contributed by atoms with Crippen molar-refractivity contribution in [2.45, 2.75) is 39.2 Å². The lowest BCUT2D eigenvalue weighted by molar-refractivity contribution is 0.500. The fraction of sp³-hybridized carbons (Fsp3) is 0.588. The largest absolute Gasteiger partial charge is 0.375 e. The molecule has 4 heteroatoms. The van der Waals surface area contributed by atoms with Crippen LogP contribution in [0.2, 0.25) is 0 Å². The van der Waals surface area contributed by atoms with Crippen molar-refractivity contribution in [3.05, 3.63) is 30.3 Å². The van der Waals surface area contributed by atoms with Gasteiger partial charge < -0.3 is 15.5 Å². The Bertz CT molecular complexity index is 420. The summed E-state index contributed by atoms with van der Waals surface area (Å²) in [5.41, 5.74) is 1.31. The Kier molecular flexibility index (Phi) is 7.06. The Balaban J connectivity index is 2.20. The zero-order chi connectivity index (χ0) is 15.7. The molecule has 0 aliphatic heterocycles. The van der Waals surface area contributed by atoms with Crippen molar-refractivity contribution in [3.8, 4) is 0 Å². The van der Waals surface area contributed by atoms with E-state index in [9.17, 15) is 0 Å². The van der Waals surface area contributed by atoms with Gasteiger partial charge in [0.25, 0.3) is 0 Å². The van der Waals surface area contributed by atoms with Gasteiger partial charge in [0.15, 0.2) is 5.96 Å². The van der Waals surface area contributed by atoms with Crippen LogP contribution in [0.25, 0.3) is 0 Å². The predicted octanol–water partition coefficient (Wildman–Crippen LogP) is 2.87. The van der Waals surface area contributed by atoms with Crippen LogP contribution in [-0.2, 0) is 0 Å². The fourth-order valence-electron chi connectivity index (χ4n) is 2.03. The number of rotatable bonds is 6. The van der Waals surface area contributed by atoms with Crippen LogP contribution in [0.5, 0.6) is 0 Å². The molecule has 0 aliphatic rings. The van der Waals surface area contributed by atoms with Gasteiger partial charge in [-0.25, -0.2) is 0 Å². The Morgan fingerprint density at radius 2 is 1.81 bits per heavy atom. The van der Waals surface area contributed by atoms with E-state index in [-0.39, 0.29) is 5.54 Å². The highest BCUT2D eigenvalue weighted by atomic mass is 15.2. The average molecular weight is 290 g/mol. The lowest BCUT2D eigenvalue weighted by Crippen LogP contribution is -2.47. The van der Waals surface area contributed by atoms with Crippen molar-refractivity contribution in [2.24, 2.45) is 4.99 Å². The highest BCUT2D eigenvalue weighted by Crippen LogP contribution is 2.11. The summed E-state index contributed by atoms with van der Waals surface area (Å²) < 4.78 is 0. The van der Waals surface area contributed by atoms with Crippen molar-refractivity contribution in [1.82, 2.24) is 10.6 Å². The first-order chi connectivity index (χ1) is 9.92. The van der Waals surface area contributed by atoms with E-state index in [1.807, 2.05) is 7.05 Å². The molecule has 1 aromatic carbocycles. The van der Waals surface area contributed by atoms with Gasteiger partial charge in [0.05, 0.1) is 0 Å². The second-order valence-electron chi connectivity index (χ2n) is 6.34. The van der Waals surface area contributed by atoms with Crippen LogP contribution >= 0.6 is 0 Å². The minimum absolute atomic E-state index is 0.0371. The molecule has 0 aromatic heterocycles. The number of hydrogen-bond donors (Lipinski definition) is 2. The first-order valence-electron chi connectivity index (χ1n) is 7.67. The second kappa shape index (κ2) is 8.55. The molecule has 0 radical (unpaired) electrons. The van der Waals surface area contributed by atoms with Gasteiger partial charge >= 0.3 is 0 Å². The number of unbranched alkanes of at least 4 members (excludes halogenated alkanes) is 1. The highest BCUT2D eigenvalue weighted by Gasteiger charge is 2.11. The van der Waals surface area contributed by atoms with Crippen LogP contribution in [0.4, 0.5) is 5.69 Å². The summed E-state index contributed by atoms with van der Waals surface area (Å²) in [7, 11) is 3.95. The molecule has 0 bridgehead atoms. The molecular formula is C17H30N4. The molecule has 0 unspecified atom stereocenters. The summed E-state index contributed by atoms with van der Waals surface area (Å²) in [5.74, 6) is 0.874. The Morgan fingerprint density at radius 3 is 2.38 bits per heavy atom. The van der Waals surface area contributed by atoms with Crippen molar-refractivity contribution in [1.29, 1.82) is 0 Å². The zero-order valence-corrected chi connectivity index (χ0v) is 14.1. The minimum Gasteiger partial charge on any atom is -0.375 e. The van der Waals surface area contributed by atoms with Gasteiger partial charge in [0, 0.05) is 38.4 Å². The molecular weight excluding hydrogens is 260 g/mol. The number of guanidine groups is 1. The fourth-order valence-corrected chi connectivity index (χ4v) is 2.03. The summed E-state index contributed by atoms with van der Waals surface area (Å²) in [6.07, 6.45) is 2.28. The number of aliphatic imine (C=N–C) groups is 1. The van der Waals surface area contributed by atoms with Crippen molar-refractivity contribution in [2.75, 3.05) is 32.1 Å². The normalized spacial score (nSPS) is 12.1. The van der Waals surface area contributed by atoms with E-state index in [1.165, 1.54) is 5.69 Å². The highest BCUT2D eigenvalue weighted by molar-refractivity contribution is 5.80. The molecule has 1 aromatic rings. The Morgan fingerprint density at radius 1 is 1.14 bits per heavy atom. The summed E-state index contributed by atoms with van der Waals surface area (Å²) in [6.45, 7) is 8.41. The molecule has 0 fully saturated rings. The van der Waals surface area contributed by atoms with E-state index < -0.39 is 0 Å². The molecule has 0 saturated heterocycles. The summed E-state index contributed by atoms with van der Waals surface area (Å²) in [5, 5.41) is 6.72. The standard InChI is InChI=1S/C17H30N4/c1-17(2,3)20-16(18-4)19-13-9-10-14-21(5)15-11-7-6-8-12-15/h6-8,11-12H,9-10,13-14H2,1-5H3,(H2,18,19,20). The first-order valence-corrected chi connectivity index (χ1v) is 7.67. The molecule has 21 heavy (non-hydrogen) atoms. The third kappa shape index (κ3) is 7.59. The van der Waals surface area contributed by atoms with E-state index in [0.717, 1.165) is 31.9 Å². The Hall–Kier alpha value is -1.71. The minimum atomic E-state index is 0.0371. The summed E-state index contributed by atoms with van der Waals surface area (Å²) in [6, 6.07) is 10.5. The van der Waals surface area contributed by atoms with Gasteiger partial charge in [-0.3, -0.25) is 4.99 Å². The van der Waals surface area contributed by atoms with Crippen LogP contribution in [-0.4, -0.2) is 38.7 Å². The Labute approximate surface area is 129 Å². The number of nitrogens with one attached hydrogen (secondary N) is 2. The van der Waals surface area contributed by atoms with E-state index in [1.54, 1.807) is 0 Å². The van der Waals surface area contributed by atoms with Gasteiger partial charge in [0.2, 0.25) is 0 Å². The van der Waals surface area contributed by atoms with Gasteiger partial charge in [-0.05, 0) is 45.7 Å². The number of anilines is 1. The number of para-hydroxylation sites is 1. The maximum Gasteiger partial charge on any atom is 0.191 e. The lowest BCUT2D eigenvalue weighted by atomic mass is 10.1. The average Bonchev–Trinajstić information content (AvgIpc) is 2.45. The SMILES string of the molecule is CN=C(NCCCCN(C)c1ccccc1)NC(C)(C)C. The number of nitrogens with zero attached hydrogens (tertiary/aromatic N) is 2. The topological polar surface area (TPSA) is 39.7 Å². The quantitative estimate of drug-likeness (QED) is 0.481. The third-order valence-corrected chi connectivity index (χ3v) is 3.13. The second-order valence-corrected chi connectivity index (χ2v) is 6.34. The smallest absolute Gasteiger partial charge is 0.191 e. The van der Waals surface area contributed by atoms with Crippen LogP contribution in [0.15, 0.2) is 35.3 Å². The molecule has 0 saturated carbocycles. The van der Waals surface area contributed by atoms with Crippen LogP contribution in [0.3, 0.4) is 0 Å². The van der Waals surface area contributed by atoms with Crippen molar-refractivity contribution < 1.29 is 0 Å². The maximum atomic E-state index is 4.24. The third-order valence-electron chi connectivity index (χ3n) is 3.13. The van der Waals surface area contributed by atoms with Crippen molar-refractivity contribution in [3.63, 3.8) is 0 Å². The van der Waals surface area contributed by atoms with Crippen LogP contribution in [0.1, 0.15) is 33.6 Å². The van der Waals surface area contributed by atoms with Crippen molar-refractivity contribution >= 4 is 11.6 Å². The van der Waals surface area contributed by atoms with E-state index in [4.69, 9.17) is 0 Å². The zero-order valence-electron chi connectivity index (χ0n) is 14.1. The van der Waals surface area contributed by atoms with Gasteiger partial charge in [-0.1, -0.05) is 18.2 Å². The lowest BCUT2D eigenvalue weighted by Gasteiger charge is -2.24. The number of hydrogen-bond acceptors (Lipinski definition) is 2. The molecule has 0 aliphatic carbocycles. The molecule has 0 heterocycles. The molecule has 0 amide bonds. The molecule has 4 nitrogen and oxygen atoms in total. The van der Waals surface area contributed by atoms with Crippen LogP contribution < -0.4 is 15.5 Å². The monoisotopic (exact) mass is 290 g/mol. The molecule has 1 rings (SSSR count). The predicted molar refractivity (Wildman–Crippen MR) is 93.2 cm³/mol. The van der Waals surface area contributed by atoms with Gasteiger partial charge in [-0.2, -0.15) is 0 Å². The van der Waals surface area contributed by atoms with E-state index in [0.29, 0.717) is 0 Å². The maximum absolute atomic E-state index is 4.24. The molecule has 0 atom stereocenters. The summed E-state index contributed by atoms with van der Waals surface area (Å²) >= 11 is 0. The summed E-state index contributed by atoms with van der Waals surface area (Å²) in [4.78, 5) is 6.53. The van der Waals surface area contributed by atoms with E-state index >= 15 is 0 Å².